The molecule has 145 valence electrons. The minimum atomic E-state index is 0.785. The van der Waals surface area contributed by atoms with E-state index in [4.69, 9.17) is 11.6 Å². The fourth-order valence-electron chi connectivity index (χ4n) is 3.86. The lowest BCUT2D eigenvalue weighted by molar-refractivity contribution is 0.0874. The SMILES string of the molecule is CCC[C](N(C)C)N1CCN(Cc2ccccc2-c2ccc(Cl)cc2)CC1. The molecule has 1 fully saturated rings. The van der Waals surface area contributed by atoms with Crippen molar-refractivity contribution in [2.75, 3.05) is 40.3 Å². The van der Waals surface area contributed by atoms with E-state index in [1.165, 1.54) is 29.3 Å². The summed E-state index contributed by atoms with van der Waals surface area (Å²) in [6, 6.07) is 16.9. The Labute approximate surface area is 169 Å². The lowest BCUT2D eigenvalue weighted by Gasteiger charge is -2.41. The van der Waals surface area contributed by atoms with Crippen LogP contribution in [0.15, 0.2) is 48.5 Å². The molecule has 1 aliphatic rings. The Morgan fingerprint density at radius 2 is 1.63 bits per heavy atom. The zero-order chi connectivity index (χ0) is 19.2. The Kier molecular flexibility index (Phi) is 7.31. The van der Waals surface area contributed by atoms with Gasteiger partial charge in [0.25, 0.3) is 0 Å². The summed E-state index contributed by atoms with van der Waals surface area (Å²) in [6.07, 6.45) is 3.83. The van der Waals surface area contributed by atoms with Crippen molar-refractivity contribution in [1.29, 1.82) is 0 Å². The van der Waals surface area contributed by atoms with Crippen LogP contribution in [0.25, 0.3) is 11.1 Å². The molecule has 1 saturated heterocycles. The normalized spacial score (nSPS) is 16.4. The Morgan fingerprint density at radius 1 is 0.963 bits per heavy atom. The van der Waals surface area contributed by atoms with Crippen molar-refractivity contribution in [3.8, 4) is 11.1 Å². The van der Waals surface area contributed by atoms with Gasteiger partial charge in [-0.1, -0.05) is 61.3 Å². The van der Waals surface area contributed by atoms with E-state index in [2.05, 4.69) is 72.1 Å². The number of rotatable bonds is 7. The third-order valence-electron chi connectivity index (χ3n) is 5.29. The Hall–Kier alpha value is -1.39. The van der Waals surface area contributed by atoms with Crippen molar-refractivity contribution < 1.29 is 0 Å². The second-order valence-corrected chi connectivity index (χ2v) is 7.92. The van der Waals surface area contributed by atoms with E-state index >= 15 is 0 Å². The lowest BCUT2D eigenvalue weighted by Crippen LogP contribution is -2.50. The van der Waals surface area contributed by atoms with Gasteiger partial charge in [0.15, 0.2) is 0 Å². The fraction of sp³-hybridized carbons (Fsp3) is 0.435. The fourth-order valence-corrected chi connectivity index (χ4v) is 3.99. The van der Waals surface area contributed by atoms with Gasteiger partial charge in [-0.2, -0.15) is 0 Å². The standard InChI is InChI=1S/C23H31ClN3/c1-4-7-23(25(2)3)27-16-14-26(15-17-27)18-20-8-5-6-9-22(20)19-10-12-21(24)13-11-19/h5-6,8-13H,4,7,14-18H2,1-3H3. The summed E-state index contributed by atoms with van der Waals surface area (Å²) in [5, 5.41) is 0.785. The van der Waals surface area contributed by atoms with Gasteiger partial charge in [0.05, 0.1) is 0 Å². The Morgan fingerprint density at radius 3 is 2.26 bits per heavy atom. The molecular formula is C23H31ClN3. The molecule has 2 aromatic rings. The molecule has 0 unspecified atom stereocenters. The maximum Gasteiger partial charge on any atom is 0.106 e. The smallest absolute Gasteiger partial charge is 0.106 e. The Bertz CT molecular complexity index is 706. The molecule has 0 N–H and O–H groups in total. The second kappa shape index (κ2) is 9.70. The number of hydrogen-bond acceptors (Lipinski definition) is 3. The number of benzene rings is 2. The number of halogens is 1. The van der Waals surface area contributed by atoms with Crippen molar-refractivity contribution in [3.63, 3.8) is 0 Å². The van der Waals surface area contributed by atoms with Gasteiger partial charge < -0.3 is 0 Å². The van der Waals surface area contributed by atoms with Gasteiger partial charge in [0, 0.05) is 37.7 Å². The molecule has 4 heteroatoms. The van der Waals surface area contributed by atoms with E-state index in [0.717, 1.165) is 44.2 Å². The molecule has 0 aromatic heterocycles. The largest absolute Gasteiger partial charge is 0.297 e. The molecule has 0 aliphatic carbocycles. The predicted octanol–water partition coefficient (Wildman–Crippen LogP) is 4.98. The number of nitrogens with zero attached hydrogens (tertiary/aromatic N) is 3. The van der Waals surface area contributed by atoms with Crippen LogP contribution in [0.2, 0.25) is 5.02 Å². The predicted molar refractivity (Wildman–Crippen MR) is 116 cm³/mol. The van der Waals surface area contributed by atoms with Crippen LogP contribution >= 0.6 is 11.6 Å². The maximum atomic E-state index is 6.06. The van der Waals surface area contributed by atoms with Crippen LogP contribution in [0.4, 0.5) is 0 Å². The van der Waals surface area contributed by atoms with Crippen LogP contribution in [0.3, 0.4) is 0 Å². The topological polar surface area (TPSA) is 9.72 Å². The molecule has 1 aliphatic heterocycles. The van der Waals surface area contributed by atoms with Crippen molar-refractivity contribution >= 4 is 11.6 Å². The quantitative estimate of drug-likeness (QED) is 0.666. The van der Waals surface area contributed by atoms with Crippen molar-refractivity contribution in [2.24, 2.45) is 0 Å². The first-order valence-corrected chi connectivity index (χ1v) is 10.3. The highest BCUT2D eigenvalue weighted by Gasteiger charge is 2.25. The molecule has 2 aromatic carbocycles. The van der Waals surface area contributed by atoms with Crippen LogP contribution in [-0.2, 0) is 6.54 Å². The van der Waals surface area contributed by atoms with E-state index < -0.39 is 0 Å². The van der Waals surface area contributed by atoms with Gasteiger partial charge >= 0.3 is 0 Å². The van der Waals surface area contributed by atoms with Crippen molar-refractivity contribution in [1.82, 2.24) is 14.7 Å². The highest BCUT2D eigenvalue weighted by molar-refractivity contribution is 6.30. The second-order valence-electron chi connectivity index (χ2n) is 7.49. The van der Waals surface area contributed by atoms with Gasteiger partial charge in [-0.15, -0.1) is 0 Å². The summed E-state index contributed by atoms with van der Waals surface area (Å²) in [4.78, 5) is 7.42. The summed E-state index contributed by atoms with van der Waals surface area (Å²) in [7, 11) is 4.33. The first-order chi connectivity index (χ1) is 13.1. The molecule has 0 bridgehead atoms. The molecule has 0 spiro atoms. The van der Waals surface area contributed by atoms with E-state index in [1.54, 1.807) is 0 Å². The molecule has 27 heavy (non-hydrogen) atoms. The molecule has 3 rings (SSSR count). The third kappa shape index (κ3) is 5.32. The van der Waals surface area contributed by atoms with E-state index in [1.807, 2.05) is 12.1 Å². The molecular weight excluding hydrogens is 354 g/mol. The highest BCUT2D eigenvalue weighted by atomic mass is 35.5. The zero-order valence-electron chi connectivity index (χ0n) is 16.8. The monoisotopic (exact) mass is 384 g/mol. The molecule has 0 amide bonds. The Balaban J connectivity index is 1.65. The third-order valence-corrected chi connectivity index (χ3v) is 5.55. The van der Waals surface area contributed by atoms with E-state index in [0.29, 0.717) is 0 Å². The van der Waals surface area contributed by atoms with Crippen LogP contribution in [0, 0.1) is 6.17 Å². The van der Waals surface area contributed by atoms with Gasteiger partial charge in [0.1, 0.15) is 6.17 Å². The first kappa shape index (κ1) is 20.3. The van der Waals surface area contributed by atoms with Crippen LogP contribution in [-0.4, -0.2) is 55.0 Å². The zero-order valence-corrected chi connectivity index (χ0v) is 17.5. The molecule has 3 nitrogen and oxygen atoms in total. The summed E-state index contributed by atoms with van der Waals surface area (Å²) in [6.45, 7) is 7.68. The number of piperazine rings is 1. The lowest BCUT2D eigenvalue weighted by atomic mass is 9.99. The maximum absolute atomic E-state index is 6.06. The highest BCUT2D eigenvalue weighted by Crippen LogP contribution is 2.27. The molecule has 1 radical (unpaired) electrons. The van der Waals surface area contributed by atoms with Crippen LogP contribution in [0.5, 0.6) is 0 Å². The van der Waals surface area contributed by atoms with Gasteiger partial charge in [-0.25, -0.2) is 0 Å². The molecule has 1 heterocycles. The average molecular weight is 385 g/mol. The van der Waals surface area contributed by atoms with E-state index in [-0.39, 0.29) is 0 Å². The summed E-state index contributed by atoms with van der Waals surface area (Å²) in [5.74, 6) is 0. The molecule has 0 atom stereocenters. The van der Waals surface area contributed by atoms with Crippen LogP contribution < -0.4 is 0 Å². The molecule has 0 saturated carbocycles. The van der Waals surface area contributed by atoms with Crippen molar-refractivity contribution in [2.45, 2.75) is 26.3 Å². The van der Waals surface area contributed by atoms with Crippen LogP contribution in [0.1, 0.15) is 25.3 Å². The minimum absolute atomic E-state index is 0.785. The van der Waals surface area contributed by atoms with Gasteiger partial charge in [0.2, 0.25) is 0 Å². The summed E-state index contributed by atoms with van der Waals surface area (Å²) < 4.78 is 0. The minimum Gasteiger partial charge on any atom is -0.297 e. The average Bonchev–Trinajstić information content (AvgIpc) is 2.68. The van der Waals surface area contributed by atoms with Gasteiger partial charge in [-0.3, -0.25) is 14.7 Å². The summed E-state index contributed by atoms with van der Waals surface area (Å²) in [5.41, 5.74) is 3.93. The summed E-state index contributed by atoms with van der Waals surface area (Å²) >= 11 is 6.06. The first-order valence-electron chi connectivity index (χ1n) is 9.92. The number of hydrogen-bond donors (Lipinski definition) is 0. The van der Waals surface area contributed by atoms with Gasteiger partial charge in [-0.05, 0) is 49.3 Å². The van der Waals surface area contributed by atoms with E-state index in [9.17, 15) is 0 Å². The van der Waals surface area contributed by atoms with Crippen molar-refractivity contribution in [3.05, 3.63) is 65.3 Å².